The second-order valence-corrected chi connectivity index (χ2v) is 3.24. The molecule has 0 bridgehead atoms. The third-order valence-corrected chi connectivity index (χ3v) is 2.45. The van der Waals surface area contributed by atoms with Gasteiger partial charge < -0.3 is 0 Å². The Hall–Kier alpha value is -1.63. The Kier molecular flexibility index (Phi) is 1.28. The van der Waals surface area contributed by atoms with E-state index in [4.69, 9.17) is 0 Å². The summed E-state index contributed by atoms with van der Waals surface area (Å²) in [4.78, 5) is 4.53. The summed E-state index contributed by atoms with van der Waals surface area (Å²) in [6, 6.07) is 8.27. The smallest absolute Gasteiger partial charge is 0.0675 e. The van der Waals surface area contributed by atoms with E-state index in [2.05, 4.69) is 35.3 Å². The second-order valence-electron chi connectivity index (χ2n) is 3.24. The zero-order valence-corrected chi connectivity index (χ0v) is 7.07. The lowest BCUT2D eigenvalue weighted by Crippen LogP contribution is -2.04. The molecule has 3 rings (SSSR count). The first-order valence-corrected chi connectivity index (χ1v) is 4.38. The Labute approximate surface area is 77.1 Å². The molecule has 1 aromatic rings. The summed E-state index contributed by atoms with van der Waals surface area (Å²) in [5, 5.41) is 0. The van der Waals surface area contributed by atoms with Gasteiger partial charge in [0.15, 0.2) is 0 Å². The molecule has 1 radical (unpaired) electrons. The Balaban J connectivity index is 2.22. The van der Waals surface area contributed by atoms with Crippen molar-refractivity contribution in [1.29, 1.82) is 0 Å². The lowest BCUT2D eigenvalue weighted by molar-refractivity contribution is 1.18. The Morgan fingerprint density at radius 2 is 2.15 bits per heavy atom. The molecule has 0 aromatic heterocycles. The maximum atomic E-state index is 4.53. The number of aliphatic imine (C=N–C) groups is 1. The van der Waals surface area contributed by atoms with Gasteiger partial charge in [-0.25, -0.2) is 0 Å². The number of para-hydroxylation sites is 1. The summed E-state index contributed by atoms with van der Waals surface area (Å²) in [7, 11) is 0. The topological polar surface area (TPSA) is 12.4 Å². The zero-order chi connectivity index (χ0) is 8.67. The van der Waals surface area contributed by atoms with Gasteiger partial charge in [0.25, 0.3) is 0 Å². The Morgan fingerprint density at radius 3 is 3.15 bits per heavy atom. The molecule has 0 spiro atoms. The Morgan fingerprint density at radius 1 is 1.23 bits per heavy atom. The van der Waals surface area contributed by atoms with Gasteiger partial charge in [0.1, 0.15) is 0 Å². The largest absolute Gasteiger partial charge is 0.252 e. The normalized spacial score (nSPS) is 22.5. The van der Waals surface area contributed by atoms with Crippen molar-refractivity contribution in [2.24, 2.45) is 4.99 Å². The molecule has 1 atom stereocenters. The first kappa shape index (κ1) is 6.84. The molecule has 0 N–H and O–H groups in total. The summed E-state index contributed by atoms with van der Waals surface area (Å²) < 4.78 is 0. The van der Waals surface area contributed by atoms with Gasteiger partial charge in [-0.05, 0) is 23.8 Å². The molecule has 1 aliphatic carbocycles. The van der Waals surface area contributed by atoms with Crippen LogP contribution in [0.5, 0.6) is 0 Å². The van der Waals surface area contributed by atoms with Gasteiger partial charge in [-0.3, -0.25) is 4.99 Å². The minimum Gasteiger partial charge on any atom is -0.252 e. The molecule has 2 aliphatic rings. The predicted octanol–water partition coefficient (Wildman–Crippen LogP) is 2.79. The van der Waals surface area contributed by atoms with E-state index in [1.165, 1.54) is 5.56 Å². The molecule has 61 valence electrons. The highest BCUT2D eigenvalue weighted by molar-refractivity contribution is 6.07. The predicted molar refractivity (Wildman–Crippen MR) is 53.2 cm³/mol. The number of rotatable bonds is 0. The van der Waals surface area contributed by atoms with Crippen LogP contribution in [0.2, 0.25) is 0 Å². The van der Waals surface area contributed by atoms with Gasteiger partial charge >= 0.3 is 0 Å². The molecule has 0 saturated carbocycles. The van der Waals surface area contributed by atoms with E-state index in [1.54, 1.807) is 0 Å². The van der Waals surface area contributed by atoms with Crippen molar-refractivity contribution in [3.8, 4) is 0 Å². The minimum absolute atomic E-state index is 0.348. The number of nitrogens with zero attached hydrogens (tertiary/aromatic N) is 1. The van der Waals surface area contributed by atoms with Crippen molar-refractivity contribution in [3.63, 3.8) is 0 Å². The molecule has 1 aliphatic heterocycles. The van der Waals surface area contributed by atoms with Crippen molar-refractivity contribution in [2.75, 3.05) is 0 Å². The molecule has 1 heterocycles. The molecule has 13 heavy (non-hydrogen) atoms. The molecule has 0 saturated heterocycles. The van der Waals surface area contributed by atoms with E-state index >= 15 is 0 Å². The quantitative estimate of drug-likeness (QED) is 0.562. The minimum atomic E-state index is 0.348. The highest BCUT2D eigenvalue weighted by Crippen LogP contribution is 2.37. The van der Waals surface area contributed by atoms with Crippen LogP contribution in [0.1, 0.15) is 11.5 Å². The van der Waals surface area contributed by atoms with Crippen molar-refractivity contribution in [3.05, 3.63) is 54.1 Å². The third kappa shape index (κ3) is 0.903. The van der Waals surface area contributed by atoms with Gasteiger partial charge in [-0.15, -0.1) is 0 Å². The standard InChI is InChI=1S/C12H8N/c1-3-7-11-9(5-1)10-6-2-4-8-12(10)13-11/h1,3-8,10H. The highest BCUT2D eigenvalue weighted by atomic mass is 14.8. The van der Waals surface area contributed by atoms with Crippen molar-refractivity contribution >= 4 is 11.4 Å². The van der Waals surface area contributed by atoms with Crippen LogP contribution in [0.25, 0.3) is 0 Å². The monoisotopic (exact) mass is 166 g/mol. The van der Waals surface area contributed by atoms with Gasteiger partial charge in [0, 0.05) is 5.92 Å². The average molecular weight is 166 g/mol. The van der Waals surface area contributed by atoms with Gasteiger partial charge in [-0.1, -0.05) is 30.4 Å². The summed E-state index contributed by atoms with van der Waals surface area (Å²) in [5.74, 6) is 0.348. The Bertz CT molecular complexity index is 438. The molecule has 1 nitrogen and oxygen atoms in total. The van der Waals surface area contributed by atoms with E-state index in [0.717, 1.165) is 11.4 Å². The first-order valence-electron chi connectivity index (χ1n) is 4.38. The summed E-state index contributed by atoms with van der Waals surface area (Å²) in [5.41, 5.74) is 3.54. The fraction of sp³-hybridized carbons (Fsp3) is 0.0833. The van der Waals surface area contributed by atoms with Crippen LogP contribution < -0.4 is 0 Å². The van der Waals surface area contributed by atoms with Crippen LogP contribution in [-0.2, 0) is 0 Å². The van der Waals surface area contributed by atoms with Crippen molar-refractivity contribution in [2.45, 2.75) is 5.92 Å². The number of hydrogen-bond acceptors (Lipinski definition) is 1. The molecule has 0 amide bonds. The highest BCUT2D eigenvalue weighted by Gasteiger charge is 2.23. The van der Waals surface area contributed by atoms with E-state index in [-0.39, 0.29) is 0 Å². The summed E-state index contributed by atoms with van der Waals surface area (Å²) in [6.45, 7) is 0. The number of allylic oxidation sites excluding steroid dienone is 4. The first-order chi connectivity index (χ1) is 6.45. The SMILES string of the molecule is [C]1=CC2C(=Nc3ccccc32)C=C1. The van der Waals surface area contributed by atoms with E-state index < -0.39 is 0 Å². The van der Waals surface area contributed by atoms with Crippen molar-refractivity contribution in [1.82, 2.24) is 0 Å². The lowest BCUT2D eigenvalue weighted by atomic mass is 9.93. The van der Waals surface area contributed by atoms with Crippen LogP contribution in [0.4, 0.5) is 5.69 Å². The summed E-state index contributed by atoms with van der Waals surface area (Å²) >= 11 is 0. The van der Waals surface area contributed by atoms with E-state index in [9.17, 15) is 0 Å². The van der Waals surface area contributed by atoms with E-state index in [0.29, 0.717) is 5.92 Å². The maximum absolute atomic E-state index is 4.53. The van der Waals surface area contributed by atoms with Crippen molar-refractivity contribution < 1.29 is 0 Å². The number of fused-ring (bicyclic) bond motifs is 3. The summed E-state index contributed by atoms with van der Waals surface area (Å²) in [6.07, 6.45) is 9.14. The molecule has 1 aromatic carbocycles. The zero-order valence-electron chi connectivity index (χ0n) is 7.07. The van der Waals surface area contributed by atoms with Crippen LogP contribution in [0.15, 0.2) is 47.5 Å². The third-order valence-electron chi connectivity index (χ3n) is 2.45. The van der Waals surface area contributed by atoms with Gasteiger partial charge in [0.05, 0.1) is 11.4 Å². The number of hydrogen-bond donors (Lipinski definition) is 0. The van der Waals surface area contributed by atoms with Crippen LogP contribution in [0, 0.1) is 6.08 Å². The molecular formula is C12H8N. The average Bonchev–Trinajstić information content (AvgIpc) is 2.56. The molecular weight excluding hydrogens is 158 g/mol. The molecule has 0 fully saturated rings. The molecule has 1 unspecified atom stereocenters. The van der Waals surface area contributed by atoms with Crippen LogP contribution in [0.3, 0.4) is 0 Å². The van der Waals surface area contributed by atoms with Crippen LogP contribution in [-0.4, -0.2) is 5.71 Å². The maximum Gasteiger partial charge on any atom is 0.0675 e. The second kappa shape index (κ2) is 2.43. The molecule has 1 heteroatoms. The fourth-order valence-corrected chi connectivity index (χ4v) is 1.82. The van der Waals surface area contributed by atoms with Gasteiger partial charge in [0.2, 0.25) is 0 Å². The van der Waals surface area contributed by atoms with Crippen LogP contribution >= 0.6 is 0 Å². The fourth-order valence-electron chi connectivity index (χ4n) is 1.82. The van der Waals surface area contributed by atoms with Gasteiger partial charge in [-0.2, -0.15) is 0 Å². The number of benzene rings is 1. The lowest BCUT2D eigenvalue weighted by Gasteiger charge is -2.08. The van der Waals surface area contributed by atoms with E-state index in [1.807, 2.05) is 18.2 Å².